The molecule has 0 bridgehead atoms. The Labute approximate surface area is 129 Å². The molecule has 1 aromatic carbocycles. The van der Waals surface area contributed by atoms with Gasteiger partial charge in [0.15, 0.2) is 11.6 Å². The molecule has 0 unspecified atom stereocenters. The predicted molar refractivity (Wildman–Crippen MR) is 85.3 cm³/mol. The van der Waals surface area contributed by atoms with Gasteiger partial charge in [-0.1, -0.05) is 18.2 Å². The minimum atomic E-state index is 0.253. The maximum atomic E-state index is 5.89. The van der Waals surface area contributed by atoms with Crippen LogP contribution in [0.5, 0.6) is 11.5 Å². The summed E-state index contributed by atoms with van der Waals surface area (Å²) in [5.74, 6) is 2.52. The molecule has 0 radical (unpaired) electrons. The van der Waals surface area contributed by atoms with Crippen molar-refractivity contribution in [2.75, 3.05) is 30.9 Å². The Kier molecular flexibility index (Phi) is 4.27. The van der Waals surface area contributed by atoms with Crippen LogP contribution < -0.4 is 20.1 Å². The number of anilines is 2. The van der Waals surface area contributed by atoms with Crippen LogP contribution in [0.15, 0.2) is 36.7 Å². The molecule has 1 fully saturated rings. The molecule has 1 aliphatic heterocycles. The third-order valence-corrected chi connectivity index (χ3v) is 3.85. The molecule has 0 amide bonds. The Balaban J connectivity index is 1.75. The topological polar surface area (TPSA) is 73.5 Å². The van der Waals surface area contributed by atoms with Crippen LogP contribution in [0.4, 0.5) is 11.6 Å². The summed E-state index contributed by atoms with van der Waals surface area (Å²) in [6, 6.07) is 10.1. The van der Waals surface area contributed by atoms with E-state index in [9.17, 15) is 0 Å². The van der Waals surface area contributed by atoms with E-state index >= 15 is 0 Å². The third-order valence-electron chi connectivity index (χ3n) is 3.85. The van der Waals surface area contributed by atoms with E-state index in [-0.39, 0.29) is 6.04 Å². The normalized spacial score (nSPS) is 17.5. The first-order chi connectivity index (χ1) is 10.8. The lowest BCUT2D eigenvalue weighted by Gasteiger charge is -2.27. The largest absolute Gasteiger partial charge is 0.491 e. The van der Waals surface area contributed by atoms with E-state index in [1.54, 1.807) is 7.11 Å². The van der Waals surface area contributed by atoms with Gasteiger partial charge in [0, 0.05) is 6.54 Å². The van der Waals surface area contributed by atoms with E-state index in [0.717, 1.165) is 31.0 Å². The third kappa shape index (κ3) is 2.90. The Morgan fingerprint density at radius 2 is 2.09 bits per heavy atom. The van der Waals surface area contributed by atoms with Crippen molar-refractivity contribution in [3.05, 3.63) is 36.7 Å². The summed E-state index contributed by atoms with van der Waals surface area (Å²) >= 11 is 0. The van der Waals surface area contributed by atoms with Gasteiger partial charge in [0.1, 0.15) is 18.7 Å². The summed E-state index contributed by atoms with van der Waals surface area (Å²) in [6.07, 6.45) is 3.62. The summed E-state index contributed by atoms with van der Waals surface area (Å²) < 4.78 is 11.3. The Bertz CT molecular complexity index is 621. The summed E-state index contributed by atoms with van der Waals surface area (Å²) in [4.78, 5) is 10.5. The molecule has 1 saturated heterocycles. The molecule has 2 heterocycles. The first-order valence-corrected chi connectivity index (χ1v) is 7.38. The molecular weight excluding hydrogens is 280 g/mol. The summed E-state index contributed by atoms with van der Waals surface area (Å²) in [5.41, 5.74) is 5.88. The predicted octanol–water partition coefficient (Wildman–Crippen LogP) is 2.12. The second-order valence-corrected chi connectivity index (χ2v) is 5.23. The molecule has 3 rings (SSSR count). The van der Waals surface area contributed by atoms with Crippen LogP contribution in [0.1, 0.15) is 12.8 Å². The molecule has 0 saturated carbocycles. The lowest BCUT2D eigenvalue weighted by Crippen LogP contribution is -2.35. The summed E-state index contributed by atoms with van der Waals surface area (Å²) in [6.45, 7) is 1.52. The van der Waals surface area contributed by atoms with E-state index < -0.39 is 0 Å². The number of aromatic nitrogens is 2. The van der Waals surface area contributed by atoms with Crippen molar-refractivity contribution in [2.24, 2.45) is 0 Å². The summed E-state index contributed by atoms with van der Waals surface area (Å²) in [5, 5.41) is 0. The average Bonchev–Trinajstić information content (AvgIpc) is 3.02. The Morgan fingerprint density at radius 3 is 2.86 bits per heavy atom. The van der Waals surface area contributed by atoms with E-state index in [2.05, 4.69) is 14.9 Å². The van der Waals surface area contributed by atoms with Crippen LogP contribution in [0.25, 0.3) is 0 Å². The van der Waals surface area contributed by atoms with Gasteiger partial charge in [-0.05, 0) is 25.0 Å². The number of hydrogen-bond acceptors (Lipinski definition) is 6. The van der Waals surface area contributed by atoms with Gasteiger partial charge in [0.25, 0.3) is 0 Å². The number of nitrogens with two attached hydrogens (primary N) is 1. The monoisotopic (exact) mass is 300 g/mol. The molecular formula is C16H20N4O2. The molecule has 2 N–H and O–H groups in total. The highest BCUT2D eigenvalue weighted by molar-refractivity contribution is 5.63. The smallest absolute Gasteiger partial charge is 0.204 e. The van der Waals surface area contributed by atoms with E-state index in [1.807, 2.05) is 30.3 Å². The number of nitrogens with zero attached hydrogens (tertiary/aromatic N) is 3. The molecule has 6 heteroatoms. The number of methoxy groups -OCH3 is 1. The highest BCUT2D eigenvalue weighted by atomic mass is 16.5. The average molecular weight is 300 g/mol. The second-order valence-electron chi connectivity index (χ2n) is 5.23. The fourth-order valence-corrected chi connectivity index (χ4v) is 2.77. The SMILES string of the molecule is COc1c(N)ncnc1N1CCC[C@H]1COc1ccccc1. The van der Waals surface area contributed by atoms with Crippen LogP contribution in [-0.2, 0) is 0 Å². The number of para-hydroxylation sites is 1. The standard InChI is InChI=1S/C16H20N4O2/c1-21-14-15(17)18-11-19-16(14)20-9-5-6-12(20)10-22-13-7-3-2-4-8-13/h2-4,7-8,11-12H,5-6,9-10H2,1H3,(H2,17,18,19)/t12-/m0/s1. The van der Waals surface area contributed by atoms with E-state index in [0.29, 0.717) is 18.2 Å². The Morgan fingerprint density at radius 1 is 1.27 bits per heavy atom. The highest BCUT2D eigenvalue weighted by Crippen LogP contribution is 2.34. The van der Waals surface area contributed by atoms with Crippen LogP contribution in [-0.4, -0.2) is 36.3 Å². The van der Waals surface area contributed by atoms with Crippen molar-refractivity contribution in [3.63, 3.8) is 0 Å². The molecule has 0 spiro atoms. The number of hydrogen-bond donors (Lipinski definition) is 1. The first kappa shape index (κ1) is 14.4. The van der Waals surface area contributed by atoms with Crippen molar-refractivity contribution in [1.82, 2.24) is 9.97 Å². The van der Waals surface area contributed by atoms with E-state index in [4.69, 9.17) is 15.2 Å². The minimum absolute atomic E-state index is 0.253. The minimum Gasteiger partial charge on any atom is -0.491 e. The molecule has 2 aromatic rings. The molecule has 116 valence electrons. The van der Waals surface area contributed by atoms with Crippen molar-refractivity contribution < 1.29 is 9.47 Å². The zero-order valence-corrected chi connectivity index (χ0v) is 12.6. The van der Waals surface area contributed by atoms with Crippen LogP contribution >= 0.6 is 0 Å². The fraction of sp³-hybridized carbons (Fsp3) is 0.375. The molecule has 1 aliphatic rings. The van der Waals surface area contributed by atoms with Gasteiger partial charge in [-0.15, -0.1) is 0 Å². The number of benzene rings is 1. The lowest BCUT2D eigenvalue weighted by molar-refractivity contribution is 0.287. The zero-order valence-electron chi connectivity index (χ0n) is 12.6. The van der Waals surface area contributed by atoms with Gasteiger partial charge in [-0.2, -0.15) is 0 Å². The van der Waals surface area contributed by atoms with Crippen molar-refractivity contribution in [1.29, 1.82) is 0 Å². The van der Waals surface area contributed by atoms with Gasteiger partial charge in [0.05, 0.1) is 13.2 Å². The molecule has 1 aromatic heterocycles. The maximum absolute atomic E-state index is 5.89. The Hall–Kier alpha value is -2.50. The molecule has 22 heavy (non-hydrogen) atoms. The van der Waals surface area contributed by atoms with Crippen LogP contribution in [0.2, 0.25) is 0 Å². The van der Waals surface area contributed by atoms with Crippen molar-refractivity contribution in [3.8, 4) is 11.5 Å². The maximum Gasteiger partial charge on any atom is 0.204 e. The molecule has 0 aliphatic carbocycles. The first-order valence-electron chi connectivity index (χ1n) is 7.38. The van der Waals surface area contributed by atoms with Crippen molar-refractivity contribution in [2.45, 2.75) is 18.9 Å². The van der Waals surface area contributed by atoms with Crippen LogP contribution in [0, 0.1) is 0 Å². The fourth-order valence-electron chi connectivity index (χ4n) is 2.77. The van der Waals surface area contributed by atoms with Gasteiger partial charge in [0.2, 0.25) is 5.75 Å². The van der Waals surface area contributed by atoms with Gasteiger partial charge in [-0.25, -0.2) is 9.97 Å². The molecule has 6 nitrogen and oxygen atoms in total. The number of ether oxygens (including phenoxy) is 2. The van der Waals surface area contributed by atoms with Crippen molar-refractivity contribution >= 4 is 11.6 Å². The summed E-state index contributed by atoms with van der Waals surface area (Å²) in [7, 11) is 1.59. The highest BCUT2D eigenvalue weighted by Gasteiger charge is 2.29. The van der Waals surface area contributed by atoms with Gasteiger partial charge >= 0.3 is 0 Å². The second kappa shape index (κ2) is 6.51. The van der Waals surface area contributed by atoms with Gasteiger partial charge < -0.3 is 20.1 Å². The lowest BCUT2D eigenvalue weighted by atomic mass is 10.2. The quantitative estimate of drug-likeness (QED) is 0.911. The van der Waals surface area contributed by atoms with Crippen LogP contribution in [0.3, 0.4) is 0 Å². The number of rotatable bonds is 5. The van der Waals surface area contributed by atoms with Gasteiger partial charge in [-0.3, -0.25) is 0 Å². The number of nitrogen functional groups attached to an aromatic ring is 1. The zero-order chi connectivity index (χ0) is 15.4. The molecule has 1 atom stereocenters. The van der Waals surface area contributed by atoms with E-state index in [1.165, 1.54) is 6.33 Å².